The third-order valence-corrected chi connectivity index (χ3v) is 4.28. The Labute approximate surface area is 128 Å². The molecule has 1 saturated carbocycles. The first-order chi connectivity index (χ1) is 9.86. The molecule has 2 amide bonds. The third-order valence-electron chi connectivity index (χ3n) is 4.28. The smallest absolute Gasteiger partial charge is 0.314 e. The highest BCUT2D eigenvalue weighted by molar-refractivity contribution is 5.73. The molecule has 0 aromatic carbocycles. The van der Waals surface area contributed by atoms with Gasteiger partial charge in [0.05, 0.1) is 12.2 Å². The molecule has 0 saturated heterocycles. The van der Waals surface area contributed by atoms with Crippen molar-refractivity contribution in [3.63, 3.8) is 0 Å². The first-order valence-corrected chi connectivity index (χ1v) is 7.81. The number of carbonyl (C=O) groups is 1. The Bertz CT molecular complexity index is 363. The number of ether oxygens (including phenoxy) is 1. The van der Waals surface area contributed by atoms with Crippen molar-refractivity contribution in [1.82, 2.24) is 10.6 Å². The Kier molecular flexibility index (Phi) is 6.97. The van der Waals surface area contributed by atoms with Gasteiger partial charge in [0, 0.05) is 26.1 Å². The van der Waals surface area contributed by atoms with Gasteiger partial charge in [-0.25, -0.2) is 4.79 Å². The number of hydrogen-bond donors (Lipinski definition) is 2. The summed E-state index contributed by atoms with van der Waals surface area (Å²) < 4.78 is 5.41. The lowest BCUT2D eigenvalue weighted by Gasteiger charge is -2.29. The van der Waals surface area contributed by atoms with Crippen LogP contribution in [0.4, 0.5) is 4.79 Å². The number of rotatable bonds is 5. The predicted octanol–water partition coefficient (Wildman–Crippen LogP) is 2.68. The second-order valence-corrected chi connectivity index (χ2v) is 7.03. The van der Waals surface area contributed by atoms with Crippen LogP contribution >= 0.6 is 0 Å². The molecule has 0 aromatic rings. The number of urea groups is 1. The van der Waals surface area contributed by atoms with Crippen LogP contribution in [0.2, 0.25) is 0 Å². The zero-order valence-corrected chi connectivity index (χ0v) is 13.7. The lowest BCUT2D eigenvalue weighted by atomic mass is 9.83. The van der Waals surface area contributed by atoms with E-state index in [0.717, 1.165) is 25.7 Å². The van der Waals surface area contributed by atoms with Crippen molar-refractivity contribution in [2.24, 2.45) is 17.3 Å². The van der Waals surface area contributed by atoms with Crippen LogP contribution in [-0.4, -0.2) is 32.3 Å². The Morgan fingerprint density at radius 1 is 1.29 bits per heavy atom. The van der Waals surface area contributed by atoms with Gasteiger partial charge in [0.25, 0.3) is 0 Å². The summed E-state index contributed by atoms with van der Waals surface area (Å²) in [5, 5.41) is 14.7. The number of amides is 2. The second kappa shape index (κ2) is 8.23. The summed E-state index contributed by atoms with van der Waals surface area (Å²) in [5.41, 5.74) is -0.00227. The summed E-state index contributed by atoms with van der Waals surface area (Å²) in [4.78, 5) is 11.8. The van der Waals surface area contributed by atoms with E-state index in [1.807, 2.05) is 0 Å². The molecular formula is C16H29N3O2. The van der Waals surface area contributed by atoms with Gasteiger partial charge in [-0.3, -0.25) is 0 Å². The minimum Gasteiger partial charge on any atom is -0.379 e. The molecule has 0 spiro atoms. The molecule has 0 heterocycles. The average molecular weight is 295 g/mol. The Morgan fingerprint density at radius 3 is 2.38 bits per heavy atom. The third kappa shape index (κ3) is 6.34. The highest BCUT2D eigenvalue weighted by atomic mass is 16.5. The summed E-state index contributed by atoms with van der Waals surface area (Å²) in [5.74, 6) is 0.713. The number of methoxy groups -OCH3 is 1. The van der Waals surface area contributed by atoms with Crippen molar-refractivity contribution < 1.29 is 9.53 Å². The molecule has 1 fully saturated rings. The van der Waals surface area contributed by atoms with Crippen LogP contribution in [0.5, 0.6) is 0 Å². The van der Waals surface area contributed by atoms with Crippen molar-refractivity contribution in [2.45, 2.75) is 52.6 Å². The number of nitrogens with zero attached hydrogens (tertiary/aromatic N) is 1. The van der Waals surface area contributed by atoms with Gasteiger partial charge < -0.3 is 15.4 Å². The lowest BCUT2D eigenvalue weighted by molar-refractivity contribution is 0.0194. The molecule has 0 bridgehead atoms. The minimum absolute atomic E-state index is 0.00227. The van der Waals surface area contributed by atoms with E-state index in [0.29, 0.717) is 19.0 Å². The van der Waals surface area contributed by atoms with Gasteiger partial charge in [-0.15, -0.1) is 0 Å². The number of nitrogens with one attached hydrogen (secondary N) is 2. The molecule has 5 heteroatoms. The van der Waals surface area contributed by atoms with Crippen molar-refractivity contribution in [2.75, 3.05) is 20.2 Å². The molecule has 1 rings (SSSR count). The fourth-order valence-corrected chi connectivity index (χ4v) is 2.72. The van der Waals surface area contributed by atoms with Gasteiger partial charge in [-0.1, -0.05) is 20.8 Å². The van der Waals surface area contributed by atoms with Crippen molar-refractivity contribution in [3.05, 3.63) is 0 Å². The van der Waals surface area contributed by atoms with E-state index in [9.17, 15) is 4.79 Å². The van der Waals surface area contributed by atoms with E-state index >= 15 is 0 Å². The molecule has 0 aliphatic heterocycles. The van der Waals surface area contributed by atoms with Gasteiger partial charge in [-0.2, -0.15) is 5.26 Å². The van der Waals surface area contributed by atoms with Gasteiger partial charge in [0.1, 0.15) is 0 Å². The summed E-state index contributed by atoms with van der Waals surface area (Å²) in [6.07, 6.45) is 3.97. The van der Waals surface area contributed by atoms with Crippen molar-refractivity contribution in [3.8, 4) is 6.07 Å². The van der Waals surface area contributed by atoms with Crippen LogP contribution < -0.4 is 10.6 Å². The monoisotopic (exact) mass is 295 g/mol. The molecule has 1 unspecified atom stereocenters. The van der Waals surface area contributed by atoms with Crippen molar-refractivity contribution in [1.29, 1.82) is 5.26 Å². The highest BCUT2D eigenvalue weighted by Gasteiger charge is 2.25. The summed E-state index contributed by atoms with van der Waals surface area (Å²) >= 11 is 0. The molecule has 120 valence electrons. The fraction of sp³-hybridized carbons (Fsp3) is 0.875. The quantitative estimate of drug-likeness (QED) is 0.819. The van der Waals surface area contributed by atoms with Crippen LogP contribution in [-0.2, 0) is 4.74 Å². The Balaban J connectivity index is 2.21. The van der Waals surface area contributed by atoms with E-state index in [2.05, 4.69) is 37.5 Å². The molecule has 1 atom stereocenters. The summed E-state index contributed by atoms with van der Waals surface area (Å²) in [6.45, 7) is 7.47. The predicted molar refractivity (Wildman–Crippen MR) is 82.7 cm³/mol. The molecule has 1 aliphatic carbocycles. The van der Waals surface area contributed by atoms with Gasteiger partial charge in [0.2, 0.25) is 0 Å². The van der Waals surface area contributed by atoms with Crippen LogP contribution in [0.15, 0.2) is 0 Å². The normalized spacial score (nSPS) is 24.0. The van der Waals surface area contributed by atoms with Gasteiger partial charge in [0.15, 0.2) is 0 Å². The van der Waals surface area contributed by atoms with Crippen LogP contribution in [0, 0.1) is 28.6 Å². The first-order valence-electron chi connectivity index (χ1n) is 7.81. The zero-order valence-electron chi connectivity index (χ0n) is 13.7. The van der Waals surface area contributed by atoms with Gasteiger partial charge >= 0.3 is 6.03 Å². The largest absolute Gasteiger partial charge is 0.379 e. The summed E-state index contributed by atoms with van der Waals surface area (Å²) in [6, 6.07) is 2.19. The Morgan fingerprint density at radius 2 is 1.90 bits per heavy atom. The van der Waals surface area contributed by atoms with Crippen LogP contribution in [0.3, 0.4) is 0 Å². The molecule has 0 radical (unpaired) electrons. The second-order valence-electron chi connectivity index (χ2n) is 7.03. The summed E-state index contributed by atoms with van der Waals surface area (Å²) in [7, 11) is 1.67. The molecule has 2 N–H and O–H groups in total. The minimum atomic E-state index is -0.135. The molecule has 0 aromatic heterocycles. The molecule has 5 nitrogen and oxygen atoms in total. The molecule has 1 aliphatic rings. The maximum Gasteiger partial charge on any atom is 0.314 e. The fourth-order valence-electron chi connectivity index (χ4n) is 2.72. The SMILES string of the molecule is COC(CNC(=O)NCC1CCC(C#N)CC1)C(C)(C)C. The number of nitriles is 1. The molecule has 21 heavy (non-hydrogen) atoms. The number of carbonyl (C=O) groups excluding carboxylic acids is 1. The molecular weight excluding hydrogens is 266 g/mol. The van der Waals surface area contributed by atoms with E-state index in [1.165, 1.54) is 0 Å². The van der Waals surface area contributed by atoms with E-state index < -0.39 is 0 Å². The number of hydrogen-bond acceptors (Lipinski definition) is 3. The average Bonchev–Trinajstić information content (AvgIpc) is 2.45. The Hall–Kier alpha value is -1.28. The lowest BCUT2D eigenvalue weighted by Crippen LogP contribution is -2.45. The maximum atomic E-state index is 11.8. The van der Waals surface area contributed by atoms with Gasteiger partial charge in [-0.05, 0) is 37.0 Å². The van der Waals surface area contributed by atoms with E-state index in [1.54, 1.807) is 7.11 Å². The first kappa shape index (κ1) is 17.8. The standard InChI is InChI=1S/C16H29N3O2/c1-16(2,3)14(21-4)11-19-15(20)18-10-13-7-5-12(9-17)6-8-13/h12-14H,5-8,10-11H2,1-4H3,(H2,18,19,20). The van der Waals surface area contributed by atoms with Crippen molar-refractivity contribution >= 4 is 6.03 Å². The topological polar surface area (TPSA) is 74.2 Å². The van der Waals surface area contributed by atoms with Crippen LogP contribution in [0.1, 0.15) is 46.5 Å². The highest BCUT2D eigenvalue weighted by Crippen LogP contribution is 2.27. The zero-order chi connectivity index (χ0) is 15.9. The van der Waals surface area contributed by atoms with Crippen LogP contribution in [0.25, 0.3) is 0 Å². The van der Waals surface area contributed by atoms with E-state index in [4.69, 9.17) is 10.00 Å². The maximum absolute atomic E-state index is 11.8. The van der Waals surface area contributed by atoms with E-state index in [-0.39, 0.29) is 23.5 Å².